The van der Waals surface area contributed by atoms with Crippen LogP contribution in [0.2, 0.25) is 0 Å². The number of aromatic nitrogens is 2. The Hall–Kier alpha value is -2.90. The van der Waals surface area contributed by atoms with Gasteiger partial charge in [-0.05, 0) is 36.5 Å². The van der Waals surface area contributed by atoms with E-state index in [1.807, 2.05) is 50.2 Å². The summed E-state index contributed by atoms with van der Waals surface area (Å²) in [6.07, 6.45) is 3.76. The Morgan fingerprint density at radius 1 is 1.34 bits per heavy atom. The number of halogens is 1. The Labute approximate surface area is 189 Å². The van der Waals surface area contributed by atoms with Crippen molar-refractivity contribution in [2.75, 3.05) is 37.0 Å². The minimum absolute atomic E-state index is 0.0387. The van der Waals surface area contributed by atoms with Crippen LogP contribution in [-0.4, -0.2) is 55.2 Å². The van der Waals surface area contributed by atoms with E-state index in [0.29, 0.717) is 43.2 Å². The lowest BCUT2D eigenvalue weighted by molar-refractivity contribution is -0.124. The molecule has 0 spiro atoms. The van der Waals surface area contributed by atoms with Crippen molar-refractivity contribution in [1.29, 1.82) is 0 Å². The Morgan fingerprint density at radius 3 is 2.72 bits per heavy atom. The highest BCUT2D eigenvalue weighted by atomic mass is 19.1. The minimum Gasteiger partial charge on any atom is -0.489 e. The van der Waals surface area contributed by atoms with Gasteiger partial charge in [0.1, 0.15) is 11.9 Å². The highest BCUT2D eigenvalue weighted by molar-refractivity contribution is 5.79. The van der Waals surface area contributed by atoms with Gasteiger partial charge in [0.25, 0.3) is 0 Å². The van der Waals surface area contributed by atoms with Gasteiger partial charge in [-0.3, -0.25) is 4.79 Å². The minimum atomic E-state index is -0.421. The monoisotopic (exact) mass is 441 g/mol. The van der Waals surface area contributed by atoms with Gasteiger partial charge < -0.3 is 19.9 Å². The second-order valence-electron chi connectivity index (χ2n) is 9.29. The second kappa shape index (κ2) is 9.30. The van der Waals surface area contributed by atoms with Gasteiger partial charge in [0.15, 0.2) is 11.6 Å². The molecule has 1 saturated carbocycles. The molecule has 7 nitrogen and oxygen atoms in total. The standard InChI is InChI=1S/C24H32FN5O2/c1-15-12-21(15)27-23(31)16(2)11-17-5-7-18(8-6-17)32-19-9-10-30(14-19)22-20(25)13-26-24(28-22)29(3)4/h5-8,13,15-16,19,21H,9-12,14H2,1-4H3,(H,27,31). The van der Waals surface area contributed by atoms with Gasteiger partial charge in [0.2, 0.25) is 11.9 Å². The lowest BCUT2D eigenvalue weighted by Crippen LogP contribution is -2.32. The number of carbonyl (C=O) groups is 1. The van der Waals surface area contributed by atoms with Gasteiger partial charge in [0.05, 0.1) is 12.7 Å². The number of rotatable bonds is 8. The number of ether oxygens (including phenoxy) is 1. The Balaban J connectivity index is 1.30. The van der Waals surface area contributed by atoms with E-state index in [4.69, 9.17) is 4.74 Å². The zero-order valence-corrected chi connectivity index (χ0v) is 19.2. The summed E-state index contributed by atoms with van der Waals surface area (Å²) in [4.78, 5) is 24.3. The van der Waals surface area contributed by atoms with Gasteiger partial charge in [-0.2, -0.15) is 4.98 Å². The maximum Gasteiger partial charge on any atom is 0.226 e. The van der Waals surface area contributed by atoms with E-state index in [9.17, 15) is 9.18 Å². The first kappa shape index (κ1) is 22.3. The van der Waals surface area contributed by atoms with Crippen LogP contribution in [0.15, 0.2) is 30.5 Å². The summed E-state index contributed by atoms with van der Waals surface area (Å²) in [5.74, 6) is 1.83. The van der Waals surface area contributed by atoms with Crippen molar-refractivity contribution in [3.8, 4) is 5.75 Å². The van der Waals surface area contributed by atoms with Crippen LogP contribution in [0, 0.1) is 17.7 Å². The second-order valence-corrected chi connectivity index (χ2v) is 9.29. The number of hydrogen-bond acceptors (Lipinski definition) is 6. The number of carbonyl (C=O) groups excluding carboxylic acids is 1. The molecule has 2 aliphatic rings. The summed E-state index contributed by atoms with van der Waals surface area (Å²) in [7, 11) is 3.66. The molecule has 4 unspecified atom stereocenters. The number of benzene rings is 1. The number of nitrogens with zero attached hydrogens (tertiary/aromatic N) is 4. The van der Waals surface area contributed by atoms with E-state index < -0.39 is 5.82 Å². The molecule has 2 heterocycles. The smallest absolute Gasteiger partial charge is 0.226 e. The van der Waals surface area contributed by atoms with Crippen LogP contribution >= 0.6 is 0 Å². The normalized spacial score (nSPS) is 23.0. The van der Waals surface area contributed by atoms with E-state index in [1.165, 1.54) is 6.20 Å². The van der Waals surface area contributed by atoms with Crippen molar-refractivity contribution in [3.63, 3.8) is 0 Å². The summed E-state index contributed by atoms with van der Waals surface area (Å²) in [5, 5.41) is 3.11. The molecule has 32 heavy (non-hydrogen) atoms. The van der Waals surface area contributed by atoms with Gasteiger partial charge in [-0.25, -0.2) is 9.37 Å². The summed E-state index contributed by atoms with van der Waals surface area (Å²) in [5.41, 5.74) is 1.11. The fourth-order valence-electron chi connectivity index (χ4n) is 3.99. The van der Waals surface area contributed by atoms with E-state index in [1.54, 1.807) is 4.90 Å². The van der Waals surface area contributed by atoms with Crippen molar-refractivity contribution in [1.82, 2.24) is 15.3 Å². The first-order chi connectivity index (χ1) is 15.3. The fraction of sp³-hybridized carbons (Fsp3) is 0.542. The van der Waals surface area contributed by atoms with Crippen LogP contribution < -0.4 is 19.9 Å². The number of amides is 1. The highest BCUT2D eigenvalue weighted by Gasteiger charge is 2.34. The zero-order valence-electron chi connectivity index (χ0n) is 19.2. The average Bonchev–Trinajstić information content (AvgIpc) is 3.26. The van der Waals surface area contributed by atoms with Crippen molar-refractivity contribution in [2.24, 2.45) is 11.8 Å². The molecule has 2 fully saturated rings. The van der Waals surface area contributed by atoms with E-state index >= 15 is 0 Å². The van der Waals surface area contributed by atoms with Crippen LogP contribution in [0.5, 0.6) is 5.75 Å². The van der Waals surface area contributed by atoms with E-state index in [-0.39, 0.29) is 17.9 Å². The predicted octanol–water partition coefficient (Wildman–Crippen LogP) is 3.04. The van der Waals surface area contributed by atoms with Crippen molar-refractivity contribution < 1.29 is 13.9 Å². The quantitative estimate of drug-likeness (QED) is 0.679. The third kappa shape index (κ3) is 5.29. The molecule has 1 aromatic heterocycles. The Bertz CT molecular complexity index is 952. The van der Waals surface area contributed by atoms with E-state index in [2.05, 4.69) is 22.2 Å². The van der Waals surface area contributed by atoms with Crippen molar-refractivity contribution >= 4 is 17.7 Å². The molecule has 1 aliphatic carbocycles. The van der Waals surface area contributed by atoms with Crippen molar-refractivity contribution in [2.45, 2.75) is 45.3 Å². The third-order valence-electron chi connectivity index (χ3n) is 6.21. The molecular weight excluding hydrogens is 409 g/mol. The summed E-state index contributed by atoms with van der Waals surface area (Å²) >= 11 is 0. The van der Waals surface area contributed by atoms with Crippen LogP contribution in [0.25, 0.3) is 0 Å². The number of nitrogens with one attached hydrogen (secondary N) is 1. The molecule has 0 bridgehead atoms. The highest BCUT2D eigenvalue weighted by Crippen LogP contribution is 2.29. The van der Waals surface area contributed by atoms with Gasteiger partial charge in [-0.15, -0.1) is 0 Å². The first-order valence-electron chi connectivity index (χ1n) is 11.3. The van der Waals surface area contributed by atoms with Crippen LogP contribution in [-0.2, 0) is 11.2 Å². The van der Waals surface area contributed by atoms with E-state index in [0.717, 1.165) is 24.2 Å². The van der Waals surface area contributed by atoms with Gasteiger partial charge in [-0.1, -0.05) is 26.0 Å². The molecule has 8 heteroatoms. The van der Waals surface area contributed by atoms with Crippen LogP contribution in [0.4, 0.5) is 16.2 Å². The lowest BCUT2D eigenvalue weighted by atomic mass is 10.0. The predicted molar refractivity (Wildman–Crippen MR) is 123 cm³/mol. The SMILES string of the molecule is CC(Cc1ccc(OC2CCN(c3nc(N(C)C)ncc3F)C2)cc1)C(=O)NC1CC1C. The van der Waals surface area contributed by atoms with Crippen LogP contribution in [0.1, 0.15) is 32.3 Å². The Morgan fingerprint density at radius 2 is 2.06 bits per heavy atom. The molecule has 1 saturated heterocycles. The third-order valence-corrected chi connectivity index (χ3v) is 6.21. The fourth-order valence-corrected chi connectivity index (χ4v) is 3.99. The molecule has 1 aliphatic heterocycles. The summed E-state index contributed by atoms with van der Waals surface area (Å²) in [6.45, 7) is 5.37. The molecule has 2 aromatic rings. The summed E-state index contributed by atoms with van der Waals surface area (Å²) in [6, 6.07) is 8.28. The Kier molecular flexibility index (Phi) is 6.48. The molecule has 4 atom stereocenters. The average molecular weight is 442 g/mol. The molecule has 4 rings (SSSR count). The molecule has 172 valence electrons. The topological polar surface area (TPSA) is 70.6 Å². The van der Waals surface area contributed by atoms with Crippen LogP contribution in [0.3, 0.4) is 0 Å². The number of anilines is 2. The van der Waals surface area contributed by atoms with Gasteiger partial charge in [0, 0.05) is 39.0 Å². The lowest BCUT2D eigenvalue weighted by Gasteiger charge is -2.20. The molecule has 0 radical (unpaired) electrons. The number of hydrogen-bond donors (Lipinski definition) is 1. The maximum atomic E-state index is 14.3. The molecule has 1 amide bonds. The molecule has 1 N–H and O–H groups in total. The zero-order chi connectivity index (χ0) is 22.8. The van der Waals surface area contributed by atoms with Gasteiger partial charge >= 0.3 is 0 Å². The molecule has 1 aromatic carbocycles. The maximum absolute atomic E-state index is 14.3. The summed E-state index contributed by atoms with van der Waals surface area (Å²) < 4.78 is 20.4. The largest absolute Gasteiger partial charge is 0.489 e. The molecular formula is C24H32FN5O2. The first-order valence-corrected chi connectivity index (χ1v) is 11.3. The van der Waals surface area contributed by atoms with Crippen molar-refractivity contribution in [3.05, 3.63) is 41.8 Å².